The van der Waals surface area contributed by atoms with Crippen LogP contribution in [0.2, 0.25) is 0 Å². The highest BCUT2D eigenvalue weighted by molar-refractivity contribution is 5.95. The van der Waals surface area contributed by atoms with Crippen molar-refractivity contribution in [1.82, 2.24) is 20.9 Å². The van der Waals surface area contributed by atoms with Crippen molar-refractivity contribution in [3.8, 4) is 0 Å². The molecule has 0 radical (unpaired) electrons. The topological polar surface area (TPSA) is 247 Å². The van der Waals surface area contributed by atoms with Crippen molar-refractivity contribution in [2.75, 3.05) is 0 Å². The molecule has 3 rings (SSSR count). The number of para-hydroxylation sites is 1. The van der Waals surface area contributed by atoms with E-state index in [1.165, 1.54) is 0 Å². The Kier molecular flexibility index (Phi) is 11.3. The Balaban J connectivity index is 1.82. The van der Waals surface area contributed by atoms with E-state index in [9.17, 15) is 33.9 Å². The summed E-state index contributed by atoms with van der Waals surface area (Å²) in [6.07, 6.45) is 0.198. The lowest BCUT2D eigenvalue weighted by Gasteiger charge is -2.25. The lowest BCUT2D eigenvalue weighted by molar-refractivity contribution is -0.142. The lowest BCUT2D eigenvalue weighted by atomic mass is 10.0. The first-order valence-corrected chi connectivity index (χ1v) is 13.4. The molecule has 3 aromatic rings. The molecule has 0 bridgehead atoms. The number of fused-ring (bicyclic) bond motifs is 1. The summed E-state index contributed by atoms with van der Waals surface area (Å²) in [5, 5.41) is 27.2. The molecular formula is C29H34N6O8. The Hall–Kier alpha value is -5.24. The van der Waals surface area contributed by atoms with Crippen LogP contribution in [0, 0.1) is 0 Å². The van der Waals surface area contributed by atoms with E-state index in [4.69, 9.17) is 16.6 Å². The first-order valence-electron chi connectivity index (χ1n) is 13.4. The quantitative estimate of drug-likeness (QED) is 0.107. The number of aliphatic carboxylic acids is 2. The summed E-state index contributed by atoms with van der Waals surface area (Å²) in [6.45, 7) is 0. The summed E-state index contributed by atoms with van der Waals surface area (Å²) in [6, 6.07) is 10.4. The third-order valence-corrected chi connectivity index (χ3v) is 6.67. The molecule has 0 saturated heterocycles. The van der Waals surface area contributed by atoms with E-state index in [-0.39, 0.29) is 19.3 Å². The maximum atomic E-state index is 13.5. The summed E-state index contributed by atoms with van der Waals surface area (Å²) in [7, 11) is 0. The number of carbonyl (C=O) groups excluding carboxylic acids is 4. The number of hydrogen-bond acceptors (Lipinski definition) is 7. The summed E-state index contributed by atoms with van der Waals surface area (Å²) < 4.78 is 0. The minimum Gasteiger partial charge on any atom is -0.481 e. The predicted molar refractivity (Wildman–Crippen MR) is 154 cm³/mol. The number of aromatic amines is 1. The average molecular weight is 595 g/mol. The SMILES string of the molecule is NC(=O)CC(N)C(=O)NC(CCC(=O)O)C(=O)NC(Cc1ccccc1)C(=O)NC(Cc1c[nH]c2ccccc12)C(=O)O. The molecular weight excluding hydrogens is 560 g/mol. The number of carboxylic acids is 2. The van der Waals surface area contributed by atoms with E-state index < -0.39 is 72.6 Å². The fourth-order valence-electron chi connectivity index (χ4n) is 4.45. The van der Waals surface area contributed by atoms with Gasteiger partial charge in [-0.1, -0.05) is 48.5 Å². The van der Waals surface area contributed by atoms with Crippen molar-refractivity contribution in [2.45, 2.75) is 56.3 Å². The number of carbonyl (C=O) groups is 6. The number of rotatable bonds is 16. The monoisotopic (exact) mass is 594 g/mol. The number of hydrogen-bond donors (Lipinski definition) is 8. The Labute approximate surface area is 246 Å². The third kappa shape index (κ3) is 9.67. The second-order valence-corrected chi connectivity index (χ2v) is 9.98. The van der Waals surface area contributed by atoms with E-state index in [1.807, 2.05) is 18.2 Å². The van der Waals surface area contributed by atoms with Gasteiger partial charge in [0.25, 0.3) is 0 Å². The van der Waals surface area contributed by atoms with Gasteiger partial charge in [0, 0.05) is 36.4 Å². The first kappa shape index (κ1) is 32.3. The number of benzene rings is 2. The van der Waals surface area contributed by atoms with Gasteiger partial charge < -0.3 is 42.6 Å². The second kappa shape index (κ2) is 15.1. The van der Waals surface area contributed by atoms with E-state index in [1.54, 1.807) is 42.6 Å². The highest BCUT2D eigenvalue weighted by Gasteiger charge is 2.31. The molecule has 14 heteroatoms. The molecule has 0 saturated carbocycles. The van der Waals surface area contributed by atoms with Crippen molar-refractivity contribution >= 4 is 46.5 Å². The zero-order valence-corrected chi connectivity index (χ0v) is 23.1. The van der Waals surface area contributed by atoms with Gasteiger partial charge in [-0.05, 0) is 23.6 Å². The third-order valence-electron chi connectivity index (χ3n) is 6.67. The van der Waals surface area contributed by atoms with Gasteiger partial charge in [-0.15, -0.1) is 0 Å². The van der Waals surface area contributed by atoms with Crippen LogP contribution in [-0.2, 0) is 41.6 Å². The van der Waals surface area contributed by atoms with Crippen LogP contribution in [0.15, 0.2) is 60.8 Å². The molecule has 43 heavy (non-hydrogen) atoms. The summed E-state index contributed by atoms with van der Waals surface area (Å²) in [4.78, 5) is 76.9. The fraction of sp³-hybridized carbons (Fsp3) is 0.310. The molecule has 10 N–H and O–H groups in total. The van der Waals surface area contributed by atoms with E-state index in [2.05, 4.69) is 20.9 Å². The Morgan fingerprint density at radius 3 is 2.02 bits per heavy atom. The normalized spacial score (nSPS) is 13.7. The molecule has 4 unspecified atom stereocenters. The lowest BCUT2D eigenvalue weighted by Crippen LogP contribution is -2.58. The van der Waals surface area contributed by atoms with Gasteiger partial charge >= 0.3 is 11.9 Å². The van der Waals surface area contributed by atoms with Crippen LogP contribution >= 0.6 is 0 Å². The molecule has 14 nitrogen and oxygen atoms in total. The molecule has 0 spiro atoms. The van der Waals surface area contributed by atoms with Crippen molar-refractivity contribution in [1.29, 1.82) is 0 Å². The summed E-state index contributed by atoms with van der Waals surface area (Å²) >= 11 is 0. The standard InChI is InChI=1S/C29H34N6O8/c30-19(14-24(31)36)26(39)33-21(10-11-25(37)38)27(40)34-22(12-16-6-2-1-3-7-16)28(41)35-23(29(42)43)13-17-15-32-20-9-5-4-8-18(17)20/h1-9,15,19,21-23,32H,10-14,30H2,(H2,31,36)(H,33,39)(H,34,40)(H,35,41)(H,37,38)(H,42,43). The van der Waals surface area contributed by atoms with Crippen molar-refractivity contribution in [3.05, 3.63) is 71.9 Å². The minimum atomic E-state index is -1.44. The molecule has 0 fully saturated rings. The summed E-state index contributed by atoms with van der Waals surface area (Å²) in [5.41, 5.74) is 12.8. The van der Waals surface area contributed by atoms with Crippen LogP contribution in [0.25, 0.3) is 10.9 Å². The molecule has 2 aromatic carbocycles. The number of carboxylic acid groups (broad SMARTS) is 2. The molecule has 4 atom stereocenters. The maximum absolute atomic E-state index is 13.5. The molecule has 1 aromatic heterocycles. The van der Waals surface area contributed by atoms with Crippen molar-refractivity contribution in [2.24, 2.45) is 11.5 Å². The van der Waals surface area contributed by atoms with Crippen LogP contribution in [0.3, 0.4) is 0 Å². The zero-order valence-electron chi connectivity index (χ0n) is 23.1. The molecule has 1 heterocycles. The number of aromatic nitrogens is 1. The molecule has 0 aliphatic rings. The van der Waals surface area contributed by atoms with Crippen LogP contribution < -0.4 is 27.4 Å². The zero-order chi connectivity index (χ0) is 31.5. The van der Waals surface area contributed by atoms with Gasteiger partial charge in [0.1, 0.15) is 18.1 Å². The predicted octanol–water partition coefficient (Wildman–Crippen LogP) is -0.440. The van der Waals surface area contributed by atoms with E-state index in [0.717, 1.165) is 10.9 Å². The highest BCUT2D eigenvalue weighted by atomic mass is 16.4. The number of amides is 4. The fourth-order valence-corrected chi connectivity index (χ4v) is 4.45. The van der Waals surface area contributed by atoms with Gasteiger partial charge in [0.2, 0.25) is 23.6 Å². The number of nitrogens with one attached hydrogen (secondary N) is 4. The van der Waals surface area contributed by atoms with Gasteiger partial charge in [-0.25, -0.2) is 4.79 Å². The van der Waals surface area contributed by atoms with Crippen LogP contribution in [-0.4, -0.2) is 74.9 Å². The van der Waals surface area contributed by atoms with Crippen LogP contribution in [0.5, 0.6) is 0 Å². The van der Waals surface area contributed by atoms with Crippen molar-refractivity contribution < 1.29 is 39.0 Å². The van der Waals surface area contributed by atoms with Crippen LogP contribution in [0.1, 0.15) is 30.4 Å². The number of nitrogens with two attached hydrogens (primary N) is 2. The van der Waals surface area contributed by atoms with E-state index in [0.29, 0.717) is 11.1 Å². The molecule has 0 aliphatic carbocycles. The largest absolute Gasteiger partial charge is 0.481 e. The van der Waals surface area contributed by atoms with Gasteiger partial charge in [0.15, 0.2) is 0 Å². The summed E-state index contributed by atoms with van der Waals surface area (Å²) in [5.74, 6) is -6.02. The first-order chi connectivity index (χ1) is 20.4. The molecule has 4 amide bonds. The van der Waals surface area contributed by atoms with Gasteiger partial charge in [-0.3, -0.25) is 24.0 Å². The Morgan fingerprint density at radius 2 is 1.37 bits per heavy atom. The number of primary amides is 1. The molecule has 228 valence electrons. The van der Waals surface area contributed by atoms with E-state index >= 15 is 0 Å². The van der Waals surface area contributed by atoms with Gasteiger partial charge in [0.05, 0.1) is 12.5 Å². The van der Waals surface area contributed by atoms with Gasteiger partial charge in [-0.2, -0.15) is 0 Å². The maximum Gasteiger partial charge on any atom is 0.326 e. The highest BCUT2D eigenvalue weighted by Crippen LogP contribution is 2.19. The number of H-pyrrole nitrogens is 1. The molecule has 0 aliphatic heterocycles. The average Bonchev–Trinajstić information content (AvgIpc) is 3.37. The second-order valence-electron chi connectivity index (χ2n) is 9.98. The smallest absolute Gasteiger partial charge is 0.326 e. The minimum absolute atomic E-state index is 0.0430. The van der Waals surface area contributed by atoms with Crippen molar-refractivity contribution in [3.63, 3.8) is 0 Å². The van der Waals surface area contributed by atoms with Crippen LogP contribution in [0.4, 0.5) is 0 Å². The Morgan fingerprint density at radius 1 is 0.767 bits per heavy atom. The Bertz CT molecular complexity index is 1470.